The molecule has 10 heteroatoms. The zero-order valence-corrected chi connectivity index (χ0v) is 16.2. The van der Waals surface area contributed by atoms with Crippen molar-refractivity contribution in [2.75, 3.05) is 6.79 Å². The highest BCUT2D eigenvalue weighted by Crippen LogP contribution is 2.34. The monoisotopic (exact) mass is 412 g/mol. The van der Waals surface area contributed by atoms with E-state index < -0.39 is 11.6 Å². The second-order valence-corrected chi connectivity index (χ2v) is 8.03. The Bertz CT molecular complexity index is 1220. The maximum absolute atomic E-state index is 13.1. The van der Waals surface area contributed by atoms with E-state index in [2.05, 4.69) is 10.3 Å². The third-order valence-electron chi connectivity index (χ3n) is 5.02. The third kappa shape index (κ3) is 2.92. The highest BCUT2D eigenvalue weighted by molar-refractivity contribution is 7.15. The van der Waals surface area contributed by atoms with Gasteiger partial charge in [0.1, 0.15) is 5.54 Å². The number of urea groups is 1. The predicted molar refractivity (Wildman–Crippen MR) is 103 cm³/mol. The number of benzene rings is 1. The van der Waals surface area contributed by atoms with Crippen LogP contribution in [0.5, 0.6) is 11.5 Å². The predicted octanol–water partition coefficient (Wildman–Crippen LogP) is 1.54. The first kappa shape index (κ1) is 17.7. The van der Waals surface area contributed by atoms with Crippen LogP contribution in [0.4, 0.5) is 4.79 Å². The van der Waals surface area contributed by atoms with Gasteiger partial charge in [0.15, 0.2) is 16.5 Å². The second kappa shape index (κ2) is 6.31. The average Bonchev–Trinajstić information content (AvgIpc) is 3.37. The van der Waals surface area contributed by atoms with Crippen LogP contribution in [0.1, 0.15) is 18.2 Å². The van der Waals surface area contributed by atoms with E-state index in [-0.39, 0.29) is 24.8 Å². The summed E-state index contributed by atoms with van der Waals surface area (Å²) >= 11 is 1.31. The van der Waals surface area contributed by atoms with Gasteiger partial charge in [0.2, 0.25) is 6.79 Å². The number of hydrogen-bond acceptors (Lipinski definition) is 7. The third-order valence-corrected chi connectivity index (χ3v) is 5.77. The average molecular weight is 412 g/mol. The van der Waals surface area contributed by atoms with Gasteiger partial charge in [-0.15, -0.1) is 11.3 Å². The smallest absolute Gasteiger partial charge is 0.325 e. The number of imide groups is 1. The van der Waals surface area contributed by atoms with Crippen molar-refractivity contribution in [2.24, 2.45) is 0 Å². The summed E-state index contributed by atoms with van der Waals surface area (Å²) in [5.74, 6) is 0.908. The highest BCUT2D eigenvalue weighted by atomic mass is 32.1. The molecule has 2 aliphatic rings. The maximum atomic E-state index is 13.1. The van der Waals surface area contributed by atoms with E-state index in [4.69, 9.17) is 9.47 Å². The lowest BCUT2D eigenvalue weighted by Gasteiger charge is -2.22. The molecule has 1 saturated heterocycles. The highest BCUT2D eigenvalue weighted by Gasteiger charge is 2.47. The summed E-state index contributed by atoms with van der Waals surface area (Å²) in [5.41, 5.74) is -0.148. The Morgan fingerprint density at radius 2 is 2.03 bits per heavy atom. The molecule has 5 rings (SSSR count). The number of hydrogen-bond donors (Lipinski definition) is 1. The minimum Gasteiger partial charge on any atom is -0.454 e. The number of amides is 3. The largest absolute Gasteiger partial charge is 0.454 e. The molecule has 0 bridgehead atoms. The van der Waals surface area contributed by atoms with E-state index in [0.29, 0.717) is 28.6 Å². The number of aromatic nitrogens is 2. The molecule has 4 heterocycles. The van der Waals surface area contributed by atoms with E-state index in [1.54, 1.807) is 24.6 Å². The molecule has 0 spiro atoms. The van der Waals surface area contributed by atoms with Crippen molar-refractivity contribution in [3.8, 4) is 11.5 Å². The van der Waals surface area contributed by atoms with Crippen LogP contribution in [0, 0.1) is 0 Å². The number of rotatable bonds is 4. The normalized spacial score (nSPS) is 20.5. The van der Waals surface area contributed by atoms with E-state index in [0.717, 1.165) is 10.5 Å². The molecule has 0 radical (unpaired) electrons. The number of carbonyl (C=O) groups excluding carboxylic acids is 2. The van der Waals surface area contributed by atoms with Gasteiger partial charge < -0.3 is 14.8 Å². The molecular weight excluding hydrogens is 396 g/mol. The van der Waals surface area contributed by atoms with Crippen molar-refractivity contribution < 1.29 is 19.1 Å². The Labute approximate surface area is 168 Å². The zero-order chi connectivity index (χ0) is 20.2. The molecule has 29 heavy (non-hydrogen) atoms. The fourth-order valence-electron chi connectivity index (χ4n) is 3.60. The summed E-state index contributed by atoms with van der Waals surface area (Å²) < 4.78 is 12.1. The van der Waals surface area contributed by atoms with E-state index >= 15 is 0 Å². The molecule has 148 valence electrons. The number of nitrogens with zero attached hydrogens (tertiary/aromatic N) is 3. The van der Waals surface area contributed by atoms with Crippen LogP contribution in [0.15, 0.2) is 40.6 Å². The number of carbonyl (C=O) groups is 2. The van der Waals surface area contributed by atoms with Crippen LogP contribution >= 0.6 is 11.3 Å². The van der Waals surface area contributed by atoms with Crippen molar-refractivity contribution in [3.05, 3.63) is 57.5 Å². The van der Waals surface area contributed by atoms with Gasteiger partial charge in [-0.1, -0.05) is 6.07 Å². The molecular formula is C19H16N4O5S. The summed E-state index contributed by atoms with van der Waals surface area (Å²) in [7, 11) is 0. The minimum atomic E-state index is -1.10. The molecule has 0 aliphatic carbocycles. The Kier molecular flexibility index (Phi) is 3.85. The lowest BCUT2D eigenvalue weighted by Crippen LogP contribution is -2.45. The Balaban J connectivity index is 1.39. The molecule has 0 unspecified atom stereocenters. The lowest BCUT2D eigenvalue weighted by atomic mass is 9.92. The summed E-state index contributed by atoms with van der Waals surface area (Å²) in [6, 6.07) is 6.27. The van der Waals surface area contributed by atoms with Gasteiger partial charge in [0.25, 0.3) is 11.5 Å². The summed E-state index contributed by atoms with van der Waals surface area (Å²) in [6.07, 6.45) is 1.93. The van der Waals surface area contributed by atoms with Crippen LogP contribution in [0.2, 0.25) is 0 Å². The zero-order valence-electron chi connectivity index (χ0n) is 15.4. The molecule has 1 aromatic carbocycles. The molecule has 1 N–H and O–H groups in total. The van der Waals surface area contributed by atoms with E-state index in [1.165, 1.54) is 21.8 Å². The SMILES string of the molecule is C[C@@]1(Cc2ccc3c(c2)OCO3)NC(=O)N(Cc2cc(=O)n3ccsc3n2)C1=O. The second-order valence-electron chi connectivity index (χ2n) is 7.16. The molecule has 1 fully saturated rings. The summed E-state index contributed by atoms with van der Waals surface area (Å²) in [4.78, 5) is 43.7. The first-order chi connectivity index (χ1) is 13.9. The van der Waals surface area contributed by atoms with Crippen molar-refractivity contribution >= 4 is 28.2 Å². The molecule has 2 aliphatic heterocycles. The van der Waals surface area contributed by atoms with Gasteiger partial charge in [-0.3, -0.25) is 18.9 Å². The lowest BCUT2D eigenvalue weighted by molar-refractivity contribution is -0.131. The summed E-state index contributed by atoms with van der Waals surface area (Å²) in [6.45, 7) is 1.79. The quantitative estimate of drug-likeness (QED) is 0.652. The number of nitrogens with one attached hydrogen (secondary N) is 1. The van der Waals surface area contributed by atoms with Gasteiger partial charge in [0.05, 0.1) is 12.2 Å². The standard InChI is InChI=1S/C19H16N4O5S/c1-19(8-11-2-3-13-14(6-11)28-10-27-13)16(25)23(17(26)21-19)9-12-7-15(24)22-4-5-29-18(22)20-12/h2-7H,8-10H2,1H3,(H,21,26)/t19-/m0/s1. The fraction of sp³-hybridized carbons (Fsp3) is 0.263. The maximum Gasteiger partial charge on any atom is 0.325 e. The number of thiazole rings is 1. The van der Waals surface area contributed by atoms with Crippen LogP contribution in [-0.2, 0) is 17.8 Å². The van der Waals surface area contributed by atoms with Gasteiger partial charge in [-0.25, -0.2) is 9.78 Å². The summed E-state index contributed by atoms with van der Waals surface area (Å²) in [5, 5.41) is 4.52. The number of ether oxygens (including phenoxy) is 2. The van der Waals surface area contributed by atoms with Crippen molar-refractivity contribution in [1.82, 2.24) is 19.6 Å². The molecule has 3 amide bonds. The van der Waals surface area contributed by atoms with Crippen molar-refractivity contribution in [2.45, 2.75) is 25.4 Å². The Hall–Kier alpha value is -3.40. The van der Waals surface area contributed by atoms with Gasteiger partial charge in [-0.05, 0) is 24.6 Å². The van der Waals surface area contributed by atoms with Crippen LogP contribution in [0.25, 0.3) is 4.96 Å². The molecule has 3 aromatic rings. The first-order valence-electron chi connectivity index (χ1n) is 8.91. The molecule has 1 atom stereocenters. The topological polar surface area (TPSA) is 102 Å². The Morgan fingerprint density at radius 1 is 1.21 bits per heavy atom. The van der Waals surface area contributed by atoms with Crippen LogP contribution < -0.4 is 20.3 Å². The number of fused-ring (bicyclic) bond motifs is 2. The van der Waals surface area contributed by atoms with Gasteiger partial charge in [0, 0.05) is 24.1 Å². The fourth-order valence-corrected chi connectivity index (χ4v) is 4.34. The van der Waals surface area contributed by atoms with E-state index in [9.17, 15) is 14.4 Å². The van der Waals surface area contributed by atoms with Crippen LogP contribution in [0.3, 0.4) is 0 Å². The van der Waals surface area contributed by atoms with Crippen molar-refractivity contribution in [1.29, 1.82) is 0 Å². The van der Waals surface area contributed by atoms with Crippen molar-refractivity contribution in [3.63, 3.8) is 0 Å². The van der Waals surface area contributed by atoms with Gasteiger partial charge >= 0.3 is 6.03 Å². The van der Waals surface area contributed by atoms with E-state index in [1.807, 2.05) is 12.1 Å². The first-order valence-corrected chi connectivity index (χ1v) is 9.79. The molecule has 0 saturated carbocycles. The minimum absolute atomic E-state index is 0.0644. The van der Waals surface area contributed by atoms with Gasteiger partial charge in [-0.2, -0.15) is 0 Å². The van der Waals surface area contributed by atoms with Crippen LogP contribution in [-0.4, -0.2) is 38.6 Å². The Morgan fingerprint density at radius 3 is 2.90 bits per heavy atom. The molecule has 2 aromatic heterocycles. The molecule has 9 nitrogen and oxygen atoms in total.